The molecule has 12 heteroatoms. The van der Waals surface area contributed by atoms with Crippen molar-refractivity contribution in [1.29, 1.82) is 0 Å². The molecule has 2 saturated heterocycles. The molecule has 4 heterocycles. The number of ether oxygens (including phenoxy) is 1. The zero-order valence-corrected chi connectivity index (χ0v) is 17.5. The van der Waals surface area contributed by atoms with Crippen LogP contribution in [-0.4, -0.2) is 91.2 Å². The highest BCUT2D eigenvalue weighted by molar-refractivity contribution is 5.95. The fraction of sp³-hybridized carbons (Fsp3) is 0.632. The Morgan fingerprint density at radius 1 is 1.26 bits per heavy atom. The van der Waals surface area contributed by atoms with Gasteiger partial charge in [0.05, 0.1) is 50.3 Å². The maximum Gasteiger partial charge on any atom is 0.276 e. The molecule has 2 aliphatic heterocycles. The van der Waals surface area contributed by atoms with Crippen LogP contribution in [0.4, 0.5) is 8.78 Å². The molecule has 2 aliphatic rings. The molecule has 0 radical (unpaired) electrons. The van der Waals surface area contributed by atoms with Gasteiger partial charge in [-0.3, -0.25) is 14.3 Å². The Bertz CT molecular complexity index is 968. The largest absolute Gasteiger partial charge is 0.378 e. The lowest BCUT2D eigenvalue weighted by Crippen LogP contribution is -2.40. The van der Waals surface area contributed by atoms with Gasteiger partial charge in [0.2, 0.25) is 0 Å². The number of hydrogen-bond donors (Lipinski definition) is 0. The Kier molecular flexibility index (Phi) is 5.73. The van der Waals surface area contributed by atoms with E-state index in [9.17, 15) is 18.4 Å². The molecule has 0 spiro atoms. The molecule has 168 valence electrons. The number of carbonyl (C=O) groups is 2. The minimum atomic E-state index is -3.00. The smallest absolute Gasteiger partial charge is 0.276 e. The molecular formula is C19H25F2N7O3. The van der Waals surface area contributed by atoms with Crippen LogP contribution in [-0.2, 0) is 17.8 Å². The standard InChI is InChI=1S/C19H25F2N7O3/c1-3-28-13(2)15(9-22-28)17(29)27-12-19(20,21)8-14(27)10-26-11-16(23-24-26)18(30)25-4-6-31-7-5-25/h9,11,14H,3-8,10,12H2,1-2H3. The Morgan fingerprint density at radius 3 is 2.68 bits per heavy atom. The van der Waals surface area contributed by atoms with Crippen LogP contribution in [0.25, 0.3) is 0 Å². The van der Waals surface area contributed by atoms with Gasteiger partial charge in [-0.25, -0.2) is 13.5 Å². The van der Waals surface area contributed by atoms with Crippen LogP contribution in [0.2, 0.25) is 0 Å². The van der Waals surface area contributed by atoms with Crippen molar-refractivity contribution < 1.29 is 23.1 Å². The number of halogens is 2. The van der Waals surface area contributed by atoms with Crippen molar-refractivity contribution in [3.63, 3.8) is 0 Å². The molecular weight excluding hydrogens is 412 g/mol. The van der Waals surface area contributed by atoms with Gasteiger partial charge in [-0.05, 0) is 13.8 Å². The summed E-state index contributed by atoms with van der Waals surface area (Å²) in [4.78, 5) is 28.4. The van der Waals surface area contributed by atoms with Crippen molar-refractivity contribution in [1.82, 2.24) is 34.6 Å². The molecule has 31 heavy (non-hydrogen) atoms. The summed E-state index contributed by atoms with van der Waals surface area (Å²) in [5.41, 5.74) is 1.09. The zero-order valence-electron chi connectivity index (χ0n) is 17.5. The van der Waals surface area contributed by atoms with Gasteiger partial charge < -0.3 is 14.5 Å². The first-order chi connectivity index (χ1) is 14.8. The number of hydrogen-bond acceptors (Lipinski definition) is 6. The maximum atomic E-state index is 14.2. The fourth-order valence-corrected chi connectivity index (χ4v) is 4.06. The van der Waals surface area contributed by atoms with Crippen molar-refractivity contribution in [2.24, 2.45) is 0 Å². The maximum absolute atomic E-state index is 14.2. The van der Waals surface area contributed by atoms with Crippen LogP contribution in [0.15, 0.2) is 12.4 Å². The molecule has 4 rings (SSSR count). The summed E-state index contributed by atoms with van der Waals surface area (Å²) < 4.78 is 36.7. The van der Waals surface area contributed by atoms with Gasteiger partial charge in [0.15, 0.2) is 5.69 Å². The molecule has 0 bridgehead atoms. The summed E-state index contributed by atoms with van der Waals surface area (Å²) in [6.45, 7) is 5.42. The molecule has 0 N–H and O–H groups in total. The van der Waals surface area contributed by atoms with E-state index in [-0.39, 0.29) is 18.1 Å². The van der Waals surface area contributed by atoms with Crippen LogP contribution < -0.4 is 0 Å². The van der Waals surface area contributed by atoms with E-state index in [2.05, 4.69) is 15.4 Å². The van der Waals surface area contributed by atoms with E-state index >= 15 is 0 Å². The first-order valence-electron chi connectivity index (χ1n) is 10.3. The van der Waals surface area contributed by atoms with Crippen molar-refractivity contribution in [2.75, 3.05) is 32.8 Å². The minimum absolute atomic E-state index is 0.0195. The monoisotopic (exact) mass is 437 g/mol. The summed E-state index contributed by atoms with van der Waals surface area (Å²) in [6, 6.07) is -0.778. The quantitative estimate of drug-likeness (QED) is 0.687. The normalized spacial score (nSPS) is 21.0. The number of alkyl halides is 2. The molecule has 0 aliphatic carbocycles. The number of aryl methyl sites for hydroxylation is 1. The number of rotatable bonds is 5. The summed E-state index contributed by atoms with van der Waals surface area (Å²) in [7, 11) is 0. The second-order valence-electron chi connectivity index (χ2n) is 7.84. The van der Waals surface area contributed by atoms with E-state index < -0.39 is 30.8 Å². The first kappa shape index (κ1) is 21.3. The number of morpholine rings is 1. The second-order valence-corrected chi connectivity index (χ2v) is 7.84. The van der Waals surface area contributed by atoms with E-state index in [0.717, 1.165) is 0 Å². The Balaban J connectivity index is 1.50. The van der Waals surface area contributed by atoms with Gasteiger partial charge >= 0.3 is 0 Å². The van der Waals surface area contributed by atoms with Crippen molar-refractivity contribution >= 4 is 11.8 Å². The van der Waals surface area contributed by atoms with Crippen molar-refractivity contribution in [3.05, 3.63) is 29.3 Å². The highest BCUT2D eigenvalue weighted by Crippen LogP contribution is 2.34. The van der Waals surface area contributed by atoms with E-state index in [1.165, 1.54) is 22.0 Å². The molecule has 2 amide bonds. The highest BCUT2D eigenvalue weighted by Gasteiger charge is 2.47. The summed E-state index contributed by atoms with van der Waals surface area (Å²) in [5.74, 6) is -3.76. The van der Waals surface area contributed by atoms with Gasteiger partial charge in [-0.2, -0.15) is 5.10 Å². The van der Waals surface area contributed by atoms with E-state index in [1.807, 2.05) is 6.92 Å². The van der Waals surface area contributed by atoms with Gasteiger partial charge in [-0.15, -0.1) is 5.10 Å². The Labute approximate surface area is 177 Å². The summed E-state index contributed by atoms with van der Waals surface area (Å²) >= 11 is 0. The molecule has 0 saturated carbocycles. The topological polar surface area (TPSA) is 98.4 Å². The fourth-order valence-electron chi connectivity index (χ4n) is 4.06. The minimum Gasteiger partial charge on any atom is -0.378 e. The summed E-state index contributed by atoms with van der Waals surface area (Å²) in [6.07, 6.45) is 2.38. The van der Waals surface area contributed by atoms with Gasteiger partial charge in [-0.1, -0.05) is 5.21 Å². The number of aromatic nitrogens is 5. The van der Waals surface area contributed by atoms with Crippen molar-refractivity contribution in [2.45, 2.75) is 45.3 Å². The SMILES string of the molecule is CCn1ncc(C(=O)N2CC(F)(F)CC2Cn2cc(C(=O)N3CCOCC3)nn2)c1C. The van der Waals surface area contributed by atoms with Gasteiger partial charge in [0.1, 0.15) is 0 Å². The van der Waals surface area contributed by atoms with Crippen LogP contribution in [0.5, 0.6) is 0 Å². The third-order valence-electron chi connectivity index (χ3n) is 5.72. The Morgan fingerprint density at radius 2 is 2.00 bits per heavy atom. The highest BCUT2D eigenvalue weighted by atomic mass is 19.3. The molecule has 1 unspecified atom stereocenters. The van der Waals surface area contributed by atoms with Gasteiger partial charge in [0, 0.05) is 31.7 Å². The number of likely N-dealkylation sites (tertiary alicyclic amines) is 1. The van der Waals surface area contributed by atoms with Crippen LogP contribution in [0, 0.1) is 6.92 Å². The molecule has 2 aromatic rings. The lowest BCUT2D eigenvalue weighted by atomic mass is 10.1. The van der Waals surface area contributed by atoms with Gasteiger partial charge in [0.25, 0.3) is 17.7 Å². The number of amides is 2. The lowest BCUT2D eigenvalue weighted by molar-refractivity contribution is 0.0117. The van der Waals surface area contributed by atoms with E-state index in [1.54, 1.807) is 16.5 Å². The third kappa shape index (κ3) is 4.29. The molecule has 10 nitrogen and oxygen atoms in total. The van der Waals surface area contributed by atoms with Crippen LogP contribution in [0.1, 0.15) is 39.9 Å². The van der Waals surface area contributed by atoms with E-state index in [4.69, 9.17) is 4.74 Å². The molecule has 1 atom stereocenters. The van der Waals surface area contributed by atoms with E-state index in [0.29, 0.717) is 44.1 Å². The molecule has 2 fully saturated rings. The number of carbonyl (C=O) groups excluding carboxylic acids is 2. The summed E-state index contributed by atoms with van der Waals surface area (Å²) in [5, 5.41) is 12.0. The average Bonchev–Trinajstić information content (AvgIpc) is 3.45. The Hall–Kier alpha value is -2.89. The lowest BCUT2D eigenvalue weighted by Gasteiger charge is -2.25. The molecule has 2 aromatic heterocycles. The second kappa shape index (κ2) is 8.33. The van der Waals surface area contributed by atoms with Crippen LogP contribution >= 0.6 is 0 Å². The van der Waals surface area contributed by atoms with Crippen molar-refractivity contribution in [3.8, 4) is 0 Å². The molecule has 0 aromatic carbocycles. The average molecular weight is 437 g/mol. The predicted molar refractivity (Wildman–Crippen MR) is 104 cm³/mol. The third-order valence-corrected chi connectivity index (χ3v) is 5.72. The van der Waals surface area contributed by atoms with Crippen LogP contribution in [0.3, 0.4) is 0 Å². The predicted octanol–water partition coefficient (Wildman–Crippen LogP) is 0.825. The number of nitrogens with zero attached hydrogens (tertiary/aromatic N) is 7. The first-order valence-corrected chi connectivity index (χ1v) is 10.3. The zero-order chi connectivity index (χ0) is 22.2.